The van der Waals surface area contributed by atoms with Crippen molar-refractivity contribution in [3.8, 4) is 22.6 Å². The van der Waals surface area contributed by atoms with Crippen molar-refractivity contribution < 1.29 is 8.42 Å². The van der Waals surface area contributed by atoms with E-state index in [0.717, 1.165) is 11.1 Å². The lowest BCUT2D eigenvalue weighted by Crippen LogP contribution is -2.05. The van der Waals surface area contributed by atoms with Crippen LogP contribution in [0.2, 0.25) is 0 Å². The van der Waals surface area contributed by atoms with Gasteiger partial charge in [0.2, 0.25) is 5.95 Å². The van der Waals surface area contributed by atoms with Gasteiger partial charge in [0.25, 0.3) is 0 Å². The lowest BCUT2D eigenvalue weighted by Gasteiger charge is -2.08. The minimum absolute atomic E-state index is 0.0928. The van der Waals surface area contributed by atoms with Crippen molar-refractivity contribution in [2.75, 3.05) is 17.3 Å². The van der Waals surface area contributed by atoms with Crippen molar-refractivity contribution in [1.82, 2.24) is 34.5 Å². The van der Waals surface area contributed by atoms with Crippen LogP contribution in [0.25, 0.3) is 28.3 Å². The summed E-state index contributed by atoms with van der Waals surface area (Å²) in [5, 5.41) is 10.1. The predicted molar refractivity (Wildman–Crippen MR) is 124 cm³/mol. The quantitative estimate of drug-likeness (QED) is 0.358. The van der Waals surface area contributed by atoms with E-state index in [1.54, 1.807) is 37.4 Å². The number of aryl methyl sites for hydroxylation is 1. The first kappa shape index (κ1) is 20.6. The number of H-pyrrole nitrogens is 1. The molecule has 1 aromatic carbocycles. The second-order valence-corrected chi connectivity index (χ2v) is 9.42. The molecule has 4 aromatic heterocycles. The molecule has 0 saturated carbocycles. The Bertz CT molecular complexity index is 1570. The molecule has 0 bridgehead atoms. The number of rotatable bonds is 5. The van der Waals surface area contributed by atoms with E-state index >= 15 is 0 Å². The molecule has 0 spiro atoms. The number of sulfone groups is 1. The molecule has 4 heterocycles. The summed E-state index contributed by atoms with van der Waals surface area (Å²) in [4.78, 5) is 17.7. The van der Waals surface area contributed by atoms with Gasteiger partial charge in [-0.15, -0.1) is 0 Å². The third kappa shape index (κ3) is 3.99. The number of fused-ring (bicyclic) bond motifs is 1. The number of hydrogen-bond acceptors (Lipinski definition) is 9. The first-order valence-electron chi connectivity index (χ1n) is 9.86. The van der Waals surface area contributed by atoms with Crippen LogP contribution in [0.1, 0.15) is 5.82 Å². The maximum Gasteiger partial charge on any atom is 0.223 e. The number of pyridine rings is 1. The Labute approximate surface area is 188 Å². The Balaban J connectivity index is 1.72. The van der Waals surface area contributed by atoms with Crippen molar-refractivity contribution in [2.45, 2.75) is 11.8 Å². The maximum atomic E-state index is 12.0. The summed E-state index contributed by atoms with van der Waals surface area (Å²) in [5.41, 5.74) is 8.61. The molecule has 0 saturated heterocycles. The molecule has 33 heavy (non-hydrogen) atoms. The molecule has 12 heteroatoms. The number of hydrogen-bond donors (Lipinski definition) is 3. The van der Waals surface area contributed by atoms with Crippen molar-refractivity contribution in [1.29, 1.82) is 0 Å². The third-order valence-electron chi connectivity index (χ3n) is 4.94. The number of nitrogens with one attached hydrogen (secondary N) is 2. The number of benzene rings is 1. The zero-order valence-corrected chi connectivity index (χ0v) is 18.5. The minimum atomic E-state index is -3.34. The van der Waals surface area contributed by atoms with E-state index in [9.17, 15) is 8.42 Å². The van der Waals surface area contributed by atoms with Gasteiger partial charge in [0, 0.05) is 24.7 Å². The van der Waals surface area contributed by atoms with Gasteiger partial charge < -0.3 is 11.1 Å². The van der Waals surface area contributed by atoms with Gasteiger partial charge in [-0.05, 0) is 42.3 Å². The molecule has 0 radical (unpaired) electrons. The van der Waals surface area contributed by atoms with E-state index in [-0.39, 0.29) is 10.8 Å². The summed E-state index contributed by atoms with van der Waals surface area (Å²) in [6, 6.07) is 12.2. The number of nitrogens with two attached hydrogens (primary N) is 1. The van der Waals surface area contributed by atoms with Crippen LogP contribution in [0.4, 0.5) is 17.6 Å². The Morgan fingerprint density at radius 1 is 1.03 bits per heavy atom. The molecule has 0 aliphatic rings. The highest BCUT2D eigenvalue weighted by Crippen LogP contribution is 2.31. The summed E-state index contributed by atoms with van der Waals surface area (Å²) in [6.07, 6.45) is 4.73. The van der Waals surface area contributed by atoms with E-state index in [4.69, 9.17) is 5.73 Å². The number of aromatic amines is 1. The molecule has 5 aromatic rings. The van der Waals surface area contributed by atoms with Gasteiger partial charge >= 0.3 is 0 Å². The third-order valence-corrected chi connectivity index (χ3v) is 6.05. The Kier molecular flexibility index (Phi) is 4.78. The van der Waals surface area contributed by atoms with Crippen LogP contribution in [0.15, 0.2) is 59.8 Å². The SMILES string of the molecule is Cc1nc(N)nc(-c2c(Nc3cc[nH]n3)nc3ccc(-c4cccc(S(C)(=O)=O)c4)cn23)n1. The Morgan fingerprint density at radius 2 is 1.88 bits per heavy atom. The molecule has 166 valence electrons. The summed E-state index contributed by atoms with van der Waals surface area (Å²) < 4.78 is 25.9. The molecule has 0 unspecified atom stereocenters. The normalized spacial score (nSPS) is 11.7. The number of anilines is 3. The zero-order valence-electron chi connectivity index (χ0n) is 17.7. The molecule has 0 fully saturated rings. The van der Waals surface area contributed by atoms with Crippen LogP contribution >= 0.6 is 0 Å². The maximum absolute atomic E-state index is 12.0. The van der Waals surface area contributed by atoms with E-state index in [2.05, 4.69) is 35.5 Å². The molecule has 0 aliphatic heterocycles. The van der Waals surface area contributed by atoms with Crippen LogP contribution in [-0.2, 0) is 9.84 Å². The average Bonchev–Trinajstić information content (AvgIpc) is 3.39. The van der Waals surface area contributed by atoms with Crippen LogP contribution in [0.3, 0.4) is 0 Å². The average molecular weight is 462 g/mol. The summed E-state index contributed by atoms with van der Waals surface area (Å²) in [7, 11) is -3.34. The highest BCUT2D eigenvalue weighted by Gasteiger charge is 2.20. The number of imidazole rings is 1. The monoisotopic (exact) mass is 461 g/mol. The fraction of sp³-hybridized carbons (Fsp3) is 0.0952. The van der Waals surface area contributed by atoms with Gasteiger partial charge in [-0.3, -0.25) is 9.50 Å². The van der Waals surface area contributed by atoms with Gasteiger partial charge in [-0.1, -0.05) is 12.1 Å². The van der Waals surface area contributed by atoms with Gasteiger partial charge in [0.15, 0.2) is 27.3 Å². The fourth-order valence-corrected chi connectivity index (χ4v) is 4.15. The minimum Gasteiger partial charge on any atom is -0.368 e. The molecule has 0 atom stereocenters. The highest BCUT2D eigenvalue weighted by atomic mass is 32.2. The molecular weight excluding hydrogens is 442 g/mol. The Hall–Kier alpha value is -4.32. The van der Waals surface area contributed by atoms with E-state index in [1.165, 1.54) is 6.26 Å². The topological polar surface area (TPSA) is 157 Å². The summed E-state index contributed by atoms with van der Waals surface area (Å²) in [5.74, 6) is 1.95. The zero-order chi connectivity index (χ0) is 23.2. The number of aromatic nitrogens is 7. The molecule has 4 N–H and O–H groups in total. The molecule has 0 amide bonds. The largest absolute Gasteiger partial charge is 0.368 e. The van der Waals surface area contributed by atoms with Crippen LogP contribution in [0, 0.1) is 6.92 Å². The van der Waals surface area contributed by atoms with E-state index < -0.39 is 9.84 Å². The predicted octanol–water partition coefficient (Wildman–Crippen LogP) is 2.61. The Morgan fingerprint density at radius 3 is 2.61 bits per heavy atom. The first-order chi connectivity index (χ1) is 15.8. The van der Waals surface area contributed by atoms with Crippen molar-refractivity contribution in [3.63, 3.8) is 0 Å². The van der Waals surface area contributed by atoms with E-state index in [1.807, 2.05) is 28.8 Å². The second-order valence-electron chi connectivity index (χ2n) is 7.40. The summed E-state index contributed by atoms with van der Waals surface area (Å²) in [6.45, 7) is 1.73. The highest BCUT2D eigenvalue weighted by molar-refractivity contribution is 7.90. The summed E-state index contributed by atoms with van der Waals surface area (Å²) >= 11 is 0. The standard InChI is InChI=1S/C21H19N9O2S/c1-12-24-19(28-21(22)25-12)18-20(26-16-8-9-23-29-16)27-17-7-6-14(11-30(17)18)13-4-3-5-15(10-13)33(2,31)32/h3-11H,1-2H3,(H2,23,26,29)(H2,22,24,25,28). The van der Waals surface area contributed by atoms with Crippen molar-refractivity contribution >= 4 is 33.1 Å². The van der Waals surface area contributed by atoms with Crippen LogP contribution in [-0.4, -0.2) is 49.2 Å². The van der Waals surface area contributed by atoms with Gasteiger partial charge in [0.1, 0.15) is 17.2 Å². The second kappa shape index (κ2) is 7.67. The van der Waals surface area contributed by atoms with Crippen molar-refractivity contribution in [3.05, 3.63) is 60.7 Å². The van der Waals surface area contributed by atoms with E-state index in [0.29, 0.717) is 34.6 Å². The van der Waals surface area contributed by atoms with Crippen LogP contribution < -0.4 is 11.1 Å². The smallest absolute Gasteiger partial charge is 0.223 e. The van der Waals surface area contributed by atoms with Gasteiger partial charge in [0.05, 0.1) is 4.90 Å². The number of nitrogens with zero attached hydrogens (tertiary/aromatic N) is 6. The number of nitrogen functional groups attached to an aromatic ring is 1. The lowest BCUT2D eigenvalue weighted by atomic mass is 10.1. The molecule has 5 rings (SSSR count). The van der Waals surface area contributed by atoms with Crippen molar-refractivity contribution in [2.24, 2.45) is 0 Å². The molecular formula is C21H19N9O2S. The first-order valence-corrected chi connectivity index (χ1v) is 11.7. The molecule has 0 aliphatic carbocycles. The fourth-order valence-electron chi connectivity index (χ4n) is 3.48. The van der Waals surface area contributed by atoms with Crippen LogP contribution in [0.5, 0.6) is 0 Å². The molecule has 11 nitrogen and oxygen atoms in total. The lowest BCUT2D eigenvalue weighted by molar-refractivity contribution is 0.602. The van der Waals surface area contributed by atoms with Gasteiger partial charge in [-0.25, -0.2) is 18.4 Å². The van der Waals surface area contributed by atoms with Gasteiger partial charge in [-0.2, -0.15) is 15.1 Å².